The summed E-state index contributed by atoms with van der Waals surface area (Å²) in [5.74, 6) is 0. The van der Waals surface area contributed by atoms with Crippen molar-refractivity contribution in [3.63, 3.8) is 0 Å². The van der Waals surface area contributed by atoms with Gasteiger partial charge in [0.15, 0.2) is 0 Å². The normalized spacial score (nSPS) is 12.6. The predicted octanol–water partition coefficient (Wildman–Crippen LogP) is 3.88. The maximum absolute atomic E-state index is 12.3. The minimum Gasteiger partial charge on any atom is -0.444 e. The van der Waals surface area contributed by atoms with E-state index in [9.17, 15) is 9.59 Å². The summed E-state index contributed by atoms with van der Waals surface area (Å²) in [6.07, 6.45) is 1.10. The van der Waals surface area contributed by atoms with E-state index in [-0.39, 0.29) is 0 Å². The number of hydrogen-bond acceptors (Lipinski definition) is 3. The van der Waals surface area contributed by atoms with Crippen molar-refractivity contribution in [2.24, 2.45) is 0 Å². The van der Waals surface area contributed by atoms with Crippen LogP contribution in [0.15, 0.2) is 24.3 Å². The maximum Gasteiger partial charge on any atom is 0.411 e. The number of rotatable bonds is 5. The molecular weight excluding hydrogens is 266 g/mol. The van der Waals surface area contributed by atoms with E-state index in [1.165, 1.54) is 4.90 Å². The summed E-state index contributed by atoms with van der Waals surface area (Å²) in [6.45, 7) is 9.88. The fourth-order valence-corrected chi connectivity index (χ4v) is 2.00. The summed E-state index contributed by atoms with van der Waals surface area (Å²) in [6, 6.07) is 7.01. The lowest BCUT2D eigenvalue weighted by Gasteiger charge is -2.31. The Morgan fingerprint density at radius 3 is 2.29 bits per heavy atom. The Morgan fingerprint density at radius 2 is 1.86 bits per heavy atom. The van der Waals surface area contributed by atoms with Gasteiger partial charge in [-0.2, -0.15) is 0 Å². The van der Waals surface area contributed by atoms with E-state index in [0.717, 1.165) is 23.8 Å². The van der Waals surface area contributed by atoms with E-state index in [4.69, 9.17) is 4.74 Å². The van der Waals surface area contributed by atoms with Crippen LogP contribution in [0, 0.1) is 6.92 Å². The number of amides is 1. The van der Waals surface area contributed by atoms with Gasteiger partial charge in [-0.05, 0) is 39.7 Å². The van der Waals surface area contributed by atoms with Crippen LogP contribution in [-0.2, 0) is 9.53 Å². The predicted molar refractivity (Wildman–Crippen MR) is 83.2 cm³/mol. The molecule has 0 spiro atoms. The zero-order valence-corrected chi connectivity index (χ0v) is 13.6. The summed E-state index contributed by atoms with van der Waals surface area (Å²) in [7, 11) is 0. The number of ether oxygens (including phenoxy) is 1. The van der Waals surface area contributed by atoms with Crippen molar-refractivity contribution in [2.45, 2.75) is 52.7 Å². The van der Waals surface area contributed by atoms with Gasteiger partial charge in [0.1, 0.15) is 17.9 Å². The van der Waals surface area contributed by atoms with Crippen LogP contribution >= 0.6 is 0 Å². The van der Waals surface area contributed by atoms with Gasteiger partial charge in [0, 0.05) is 6.54 Å². The van der Waals surface area contributed by atoms with Crippen LogP contribution in [0.5, 0.6) is 0 Å². The zero-order chi connectivity index (χ0) is 16.0. The van der Waals surface area contributed by atoms with Crippen molar-refractivity contribution in [1.29, 1.82) is 0 Å². The smallest absolute Gasteiger partial charge is 0.411 e. The molecule has 0 saturated heterocycles. The first-order chi connectivity index (χ1) is 9.78. The molecule has 0 aliphatic carbocycles. The second-order valence-corrected chi connectivity index (χ2v) is 6.17. The van der Waals surface area contributed by atoms with Crippen LogP contribution in [0.1, 0.15) is 51.3 Å². The molecule has 0 saturated carbocycles. The molecule has 116 valence electrons. The molecule has 0 N–H and O–H groups in total. The van der Waals surface area contributed by atoms with Crippen molar-refractivity contribution in [3.05, 3.63) is 35.4 Å². The molecule has 4 heteroatoms. The average molecular weight is 291 g/mol. The minimum absolute atomic E-state index is 0.456. The molecule has 1 atom stereocenters. The van der Waals surface area contributed by atoms with Gasteiger partial charge < -0.3 is 9.53 Å². The zero-order valence-electron chi connectivity index (χ0n) is 13.6. The molecule has 4 nitrogen and oxygen atoms in total. The molecule has 21 heavy (non-hydrogen) atoms. The van der Waals surface area contributed by atoms with E-state index in [0.29, 0.717) is 6.54 Å². The summed E-state index contributed by atoms with van der Waals surface area (Å²) in [5, 5.41) is 0. The third-order valence-corrected chi connectivity index (χ3v) is 2.98. The number of hydrogen-bond donors (Lipinski definition) is 0. The fraction of sp³-hybridized carbons (Fsp3) is 0.529. The Labute approximate surface area is 127 Å². The van der Waals surface area contributed by atoms with Crippen molar-refractivity contribution < 1.29 is 14.3 Å². The van der Waals surface area contributed by atoms with Gasteiger partial charge >= 0.3 is 6.09 Å². The van der Waals surface area contributed by atoms with Gasteiger partial charge in [0.2, 0.25) is 0 Å². The third kappa shape index (κ3) is 5.21. The molecule has 1 rings (SSSR count). The number of carbonyl (C=O) groups is 2. The molecule has 1 aromatic carbocycles. The first-order valence-corrected chi connectivity index (χ1v) is 7.30. The van der Waals surface area contributed by atoms with Gasteiger partial charge in [-0.25, -0.2) is 4.79 Å². The summed E-state index contributed by atoms with van der Waals surface area (Å²) in [5.41, 5.74) is 1.33. The lowest BCUT2D eigenvalue weighted by molar-refractivity contribution is -0.112. The Hall–Kier alpha value is -1.84. The molecule has 0 bridgehead atoms. The SMILES string of the molecule is CCCN(C(=O)OC(C)(C)C)C(C=O)c1ccc(C)cc1. The van der Waals surface area contributed by atoms with E-state index >= 15 is 0 Å². The molecule has 0 heterocycles. The second-order valence-electron chi connectivity index (χ2n) is 6.17. The molecule has 0 aromatic heterocycles. The fourth-order valence-electron chi connectivity index (χ4n) is 2.00. The van der Waals surface area contributed by atoms with Gasteiger partial charge in [0.25, 0.3) is 0 Å². The number of benzene rings is 1. The number of aryl methyl sites for hydroxylation is 1. The van der Waals surface area contributed by atoms with Gasteiger partial charge in [-0.3, -0.25) is 4.90 Å². The lowest BCUT2D eigenvalue weighted by Crippen LogP contribution is -2.40. The third-order valence-electron chi connectivity index (χ3n) is 2.98. The number of nitrogens with zero attached hydrogens (tertiary/aromatic N) is 1. The van der Waals surface area contributed by atoms with Crippen molar-refractivity contribution in [1.82, 2.24) is 4.90 Å². The molecule has 0 aliphatic rings. The van der Waals surface area contributed by atoms with Gasteiger partial charge in [0.05, 0.1) is 0 Å². The summed E-state index contributed by atoms with van der Waals surface area (Å²) in [4.78, 5) is 25.4. The molecule has 1 amide bonds. The van der Waals surface area contributed by atoms with Gasteiger partial charge in [-0.15, -0.1) is 0 Å². The number of carbonyl (C=O) groups excluding carboxylic acids is 2. The Balaban J connectivity index is 3.02. The molecular formula is C17H25NO3. The minimum atomic E-state index is -0.611. The Morgan fingerprint density at radius 1 is 1.29 bits per heavy atom. The molecule has 1 aromatic rings. The average Bonchev–Trinajstić information content (AvgIpc) is 2.38. The quantitative estimate of drug-likeness (QED) is 0.773. The highest BCUT2D eigenvalue weighted by atomic mass is 16.6. The van der Waals surface area contributed by atoms with Crippen molar-refractivity contribution >= 4 is 12.4 Å². The molecule has 0 fully saturated rings. The van der Waals surface area contributed by atoms with Crippen molar-refractivity contribution in [2.75, 3.05) is 6.54 Å². The van der Waals surface area contributed by atoms with Crippen molar-refractivity contribution in [3.8, 4) is 0 Å². The first-order valence-electron chi connectivity index (χ1n) is 7.30. The van der Waals surface area contributed by atoms with E-state index < -0.39 is 17.7 Å². The van der Waals surface area contributed by atoms with Gasteiger partial charge in [-0.1, -0.05) is 36.8 Å². The summed E-state index contributed by atoms with van der Waals surface area (Å²) >= 11 is 0. The highest BCUT2D eigenvalue weighted by Crippen LogP contribution is 2.22. The van der Waals surface area contributed by atoms with Crippen LogP contribution in [0.3, 0.4) is 0 Å². The van der Waals surface area contributed by atoms with E-state index in [1.54, 1.807) is 0 Å². The largest absolute Gasteiger partial charge is 0.444 e. The van der Waals surface area contributed by atoms with Crippen LogP contribution in [0.2, 0.25) is 0 Å². The summed E-state index contributed by atoms with van der Waals surface area (Å²) < 4.78 is 5.41. The Kier molecular flexibility index (Phi) is 5.94. The monoisotopic (exact) mass is 291 g/mol. The highest BCUT2D eigenvalue weighted by molar-refractivity contribution is 5.75. The standard InChI is InChI=1S/C17H25NO3/c1-6-11-18(16(20)21-17(3,4)5)15(12-19)14-9-7-13(2)8-10-14/h7-10,12,15H,6,11H2,1-5H3. The van der Waals surface area contributed by atoms with Crippen LogP contribution in [0.4, 0.5) is 4.79 Å². The highest BCUT2D eigenvalue weighted by Gasteiger charge is 2.28. The number of aldehydes is 1. The molecule has 1 unspecified atom stereocenters. The second kappa shape index (κ2) is 7.25. The first kappa shape index (κ1) is 17.2. The van der Waals surface area contributed by atoms with Crippen LogP contribution in [0.25, 0.3) is 0 Å². The van der Waals surface area contributed by atoms with E-state index in [1.807, 2.05) is 58.9 Å². The maximum atomic E-state index is 12.3. The van der Waals surface area contributed by atoms with E-state index in [2.05, 4.69) is 0 Å². The molecule has 0 radical (unpaired) electrons. The topological polar surface area (TPSA) is 46.6 Å². The van der Waals surface area contributed by atoms with Crippen LogP contribution < -0.4 is 0 Å². The lowest BCUT2D eigenvalue weighted by atomic mass is 10.0. The Bertz CT molecular complexity index is 474. The van der Waals surface area contributed by atoms with Crippen LogP contribution in [-0.4, -0.2) is 29.4 Å². The molecule has 0 aliphatic heterocycles.